The zero-order chi connectivity index (χ0) is 29.7. The molecule has 0 unspecified atom stereocenters. The van der Waals surface area contributed by atoms with Gasteiger partial charge in [-0.25, -0.2) is 19.9 Å². The van der Waals surface area contributed by atoms with Crippen molar-refractivity contribution in [2.24, 2.45) is 0 Å². The lowest BCUT2D eigenvalue weighted by Crippen LogP contribution is -1.95. The van der Waals surface area contributed by atoms with Gasteiger partial charge in [-0.05, 0) is 35.4 Å². The first kappa shape index (κ1) is 25.3. The Morgan fingerprint density at radius 2 is 0.956 bits per heavy atom. The van der Waals surface area contributed by atoms with Gasteiger partial charge in [0.1, 0.15) is 11.2 Å². The Morgan fingerprint density at radius 1 is 0.378 bits per heavy atom. The number of hydrogen-bond acceptors (Lipinski definition) is 4. The molecule has 4 heterocycles. The van der Waals surface area contributed by atoms with Gasteiger partial charge < -0.3 is 0 Å². The van der Waals surface area contributed by atoms with Gasteiger partial charge in [0.2, 0.25) is 0 Å². The van der Waals surface area contributed by atoms with E-state index in [-0.39, 0.29) is 0 Å². The molecule has 9 aromatic rings. The minimum atomic E-state index is 0.728. The zero-order valence-corrected chi connectivity index (χ0v) is 24.2. The first-order valence-corrected chi connectivity index (χ1v) is 15.0. The molecule has 0 saturated heterocycles. The average Bonchev–Trinajstić information content (AvgIpc) is 3.52. The van der Waals surface area contributed by atoms with E-state index in [0.29, 0.717) is 0 Å². The van der Waals surface area contributed by atoms with E-state index < -0.39 is 0 Å². The van der Waals surface area contributed by atoms with Gasteiger partial charge in [0.05, 0.1) is 27.9 Å². The minimum Gasteiger partial charge on any atom is -0.298 e. The van der Waals surface area contributed by atoms with Gasteiger partial charge in [0.25, 0.3) is 0 Å². The van der Waals surface area contributed by atoms with Crippen molar-refractivity contribution in [1.29, 1.82) is 0 Å². The number of fused-ring (bicyclic) bond motifs is 6. The molecule has 5 heteroatoms. The average molecular weight is 576 g/mol. The molecular weight excluding hydrogens is 550 g/mol. The minimum absolute atomic E-state index is 0.728. The lowest BCUT2D eigenvalue weighted by atomic mass is 9.99. The van der Waals surface area contributed by atoms with Gasteiger partial charge in [-0.2, -0.15) is 0 Å². The van der Waals surface area contributed by atoms with E-state index in [1.165, 1.54) is 0 Å². The van der Waals surface area contributed by atoms with E-state index >= 15 is 0 Å². The summed E-state index contributed by atoms with van der Waals surface area (Å²) in [7, 11) is 0. The van der Waals surface area contributed by atoms with Crippen LogP contribution < -0.4 is 0 Å². The van der Waals surface area contributed by atoms with Crippen molar-refractivity contribution in [3.8, 4) is 45.0 Å². The predicted octanol–water partition coefficient (Wildman–Crippen LogP) is 9.65. The van der Waals surface area contributed by atoms with Crippen molar-refractivity contribution in [2.45, 2.75) is 0 Å². The molecule has 0 aliphatic carbocycles. The van der Waals surface area contributed by atoms with E-state index in [0.717, 1.165) is 83.5 Å². The van der Waals surface area contributed by atoms with E-state index in [1.54, 1.807) is 0 Å². The molecule has 45 heavy (non-hydrogen) atoms. The lowest BCUT2D eigenvalue weighted by Gasteiger charge is -2.11. The van der Waals surface area contributed by atoms with E-state index in [9.17, 15) is 0 Å². The van der Waals surface area contributed by atoms with Gasteiger partial charge >= 0.3 is 0 Å². The molecule has 9 rings (SSSR count). The van der Waals surface area contributed by atoms with Crippen LogP contribution in [-0.2, 0) is 0 Å². The lowest BCUT2D eigenvalue weighted by molar-refractivity contribution is 1.22. The molecule has 0 atom stereocenters. The van der Waals surface area contributed by atoms with Gasteiger partial charge in [-0.3, -0.25) is 4.40 Å². The molecular formula is C40H25N5. The Morgan fingerprint density at radius 3 is 1.69 bits per heavy atom. The van der Waals surface area contributed by atoms with Crippen molar-refractivity contribution in [3.63, 3.8) is 0 Å². The first-order valence-electron chi connectivity index (χ1n) is 15.0. The third-order valence-corrected chi connectivity index (χ3v) is 8.43. The number of aromatic nitrogens is 5. The number of nitrogens with zero attached hydrogens (tertiary/aromatic N) is 5. The number of hydrogen-bond donors (Lipinski definition) is 0. The highest BCUT2D eigenvalue weighted by atomic mass is 15.0. The first-order chi connectivity index (χ1) is 22.3. The standard InChI is InChI=1S/C40H25N5/c1-2-10-30(11-3-1)40-42-34-15-7-4-12-31(34)36(44-40)28-21-17-26(18-22-28)27-19-23-29(24-20-27)37-39-38(32-13-5-6-14-33(32)41-37)43-35-16-8-9-25-45(35)39/h1-25H. The third kappa shape index (κ3) is 4.25. The Kier molecular flexibility index (Phi) is 5.74. The van der Waals surface area contributed by atoms with Crippen LogP contribution in [0.1, 0.15) is 0 Å². The maximum Gasteiger partial charge on any atom is 0.160 e. The SMILES string of the molecule is c1ccc(-c2nc(-c3ccc(-c4ccc(-c5nc6ccccc6c6nc7ccccn7c56)cc4)cc3)c3ccccc3n2)cc1. The molecule has 0 aliphatic rings. The van der Waals surface area contributed by atoms with Crippen LogP contribution in [0.15, 0.2) is 152 Å². The van der Waals surface area contributed by atoms with Gasteiger partial charge in [-0.1, -0.05) is 121 Å². The van der Waals surface area contributed by atoms with Crippen LogP contribution >= 0.6 is 0 Å². The van der Waals surface area contributed by atoms with Crippen molar-refractivity contribution in [1.82, 2.24) is 24.3 Å². The second-order valence-corrected chi connectivity index (χ2v) is 11.1. The van der Waals surface area contributed by atoms with Crippen LogP contribution in [0.25, 0.3) is 83.5 Å². The van der Waals surface area contributed by atoms with Crippen molar-refractivity contribution < 1.29 is 0 Å². The second kappa shape index (κ2) is 10.2. The van der Waals surface area contributed by atoms with E-state index in [4.69, 9.17) is 19.9 Å². The quantitative estimate of drug-likeness (QED) is 0.210. The summed E-state index contributed by atoms with van der Waals surface area (Å²) in [6.45, 7) is 0. The normalized spacial score (nSPS) is 11.6. The van der Waals surface area contributed by atoms with Gasteiger partial charge in [0, 0.05) is 33.7 Å². The molecule has 0 fully saturated rings. The largest absolute Gasteiger partial charge is 0.298 e. The number of para-hydroxylation sites is 2. The van der Waals surface area contributed by atoms with Gasteiger partial charge in [0.15, 0.2) is 5.82 Å². The maximum absolute atomic E-state index is 5.12. The summed E-state index contributed by atoms with van der Waals surface area (Å²) in [6.07, 6.45) is 2.06. The summed E-state index contributed by atoms with van der Waals surface area (Å²) in [6, 6.07) is 50.0. The van der Waals surface area contributed by atoms with Crippen LogP contribution in [0.5, 0.6) is 0 Å². The Bertz CT molecular complexity index is 2520. The van der Waals surface area contributed by atoms with Crippen molar-refractivity contribution in [3.05, 3.63) is 152 Å². The van der Waals surface area contributed by atoms with E-state index in [2.05, 4.69) is 89.5 Å². The van der Waals surface area contributed by atoms with Crippen molar-refractivity contribution in [2.75, 3.05) is 0 Å². The molecule has 5 nitrogen and oxygen atoms in total. The fourth-order valence-electron chi connectivity index (χ4n) is 6.21. The molecule has 0 N–H and O–H groups in total. The Labute approximate surface area is 259 Å². The van der Waals surface area contributed by atoms with Crippen LogP contribution in [-0.4, -0.2) is 24.3 Å². The molecule has 0 amide bonds. The third-order valence-electron chi connectivity index (χ3n) is 8.43. The summed E-state index contributed by atoms with van der Waals surface area (Å²) in [5, 5.41) is 2.10. The smallest absolute Gasteiger partial charge is 0.160 e. The number of rotatable bonds is 4. The summed E-state index contributed by atoms with van der Waals surface area (Å²) in [5.41, 5.74) is 12.0. The number of pyridine rings is 2. The summed E-state index contributed by atoms with van der Waals surface area (Å²) >= 11 is 0. The van der Waals surface area contributed by atoms with Gasteiger partial charge in [-0.15, -0.1) is 0 Å². The van der Waals surface area contributed by atoms with E-state index in [1.807, 2.05) is 66.7 Å². The molecule has 0 radical (unpaired) electrons. The molecule has 0 spiro atoms. The maximum atomic E-state index is 5.12. The molecule has 0 bridgehead atoms. The van der Waals surface area contributed by atoms with Crippen molar-refractivity contribution >= 4 is 38.5 Å². The molecule has 4 aromatic heterocycles. The van der Waals surface area contributed by atoms with Crippen LogP contribution in [0.4, 0.5) is 0 Å². The summed E-state index contributed by atoms with van der Waals surface area (Å²) < 4.78 is 2.14. The summed E-state index contributed by atoms with van der Waals surface area (Å²) in [5.74, 6) is 0.728. The number of benzene rings is 5. The topological polar surface area (TPSA) is 56.0 Å². The summed E-state index contributed by atoms with van der Waals surface area (Å²) in [4.78, 5) is 20.0. The fourth-order valence-corrected chi connectivity index (χ4v) is 6.21. The monoisotopic (exact) mass is 575 g/mol. The van der Waals surface area contributed by atoms with Crippen LogP contribution in [0.3, 0.4) is 0 Å². The molecule has 0 aliphatic heterocycles. The highest BCUT2D eigenvalue weighted by Crippen LogP contribution is 2.35. The molecule has 0 saturated carbocycles. The molecule has 5 aromatic carbocycles. The molecule has 210 valence electrons. The highest BCUT2D eigenvalue weighted by Gasteiger charge is 2.16. The predicted molar refractivity (Wildman–Crippen MR) is 183 cm³/mol. The zero-order valence-electron chi connectivity index (χ0n) is 24.2. The Hall–Kier alpha value is -6.20. The highest BCUT2D eigenvalue weighted by molar-refractivity contribution is 6.09. The number of imidazole rings is 1. The Balaban J connectivity index is 1.11. The van der Waals surface area contributed by atoms with Crippen LogP contribution in [0, 0.1) is 0 Å². The van der Waals surface area contributed by atoms with Crippen LogP contribution in [0.2, 0.25) is 0 Å². The fraction of sp³-hybridized carbons (Fsp3) is 0. The second-order valence-electron chi connectivity index (χ2n) is 11.1.